The topological polar surface area (TPSA) is 32.8 Å². The van der Waals surface area contributed by atoms with Crippen LogP contribution in [-0.4, -0.2) is 38.1 Å². The minimum atomic E-state index is -0.0383. The third-order valence-corrected chi connectivity index (χ3v) is 4.39. The van der Waals surface area contributed by atoms with Gasteiger partial charge in [0.2, 0.25) is 0 Å². The van der Waals surface area contributed by atoms with Crippen molar-refractivity contribution in [3.63, 3.8) is 0 Å². The van der Waals surface area contributed by atoms with Crippen LogP contribution in [0.3, 0.4) is 0 Å². The van der Waals surface area contributed by atoms with Crippen molar-refractivity contribution >= 4 is 23.2 Å². The Kier molecular flexibility index (Phi) is 4.44. The Bertz CT molecular complexity index is 733. The lowest BCUT2D eigenvalue weighted by atomic mass is 10.1. The molecular weight excluding hydrogens is 312 g/mol. The number of benzene rings is 2. The molecule has 4 nitrogen and oxygen atoms in total. The third kappa shape index (κ3) is 3.13. The molecule has 0 aliphatic carbocycles. The van der Waals surface area contributed by atoms with Gasteiger partial charge in [0, 0.05) is 37.4 Å². The number of nitrogens with zero attached hydrogens (tertiary/aromatic N) is 2. The van der Waals surface area contributed by atoms with Gasteiger partial charge in [-0.1, -0.05) is 29.8 Å². The van der Waals surface area contributed by atoms with Crippen LogP contribution in [0, 0.1) is 0 Å². The zero-order valence-electron chi connectivity index (χ0n) is 13.3. The molecule has 3 rings (SSSR count). The van der Waals surface area contributed by atoms with Crippen LogP contribution in [0.4, 0.5) is 5.69 Å². The summed E-state index contributed by atoms with van der Waals surface area (Å²) in [6, 6.07) is 13.3. The number of amides is 1. The van der Waals surface area contributed by atoms with E-state index in [1.807, 2.05) is 17.0 Å². The molecule has 1 aliphatic heterocycles. The molecule has 0 saturated carbocycles. The molecule has 120 valence electrons. The lowest BCUT2D eigenvalue weighted by molar-refractivity contribution is 0.0748. The standard InChI is InChI=1S/C18H19ClN2O2/c1-20-9-10-21(12-13-5-3-4-6-16(13)20)18(22)15-8-7-14(19)11-17(15)23-2/h3-8,11H,9-10,12H2,1-2H3. The minimum absolute atomic E-state index is 0.0383. The molecule has 5 heteroatoms. The van der Waals surface area contributed by atoms with Gasteiger partial charge in [-0.2, -0.15) is 0 Å². The zero-order valence-corrected chi connectivity index (χ0v) is 14.0. The number of ether oxygens (including phenoxy) is 1. The molecule has 1 amide bonds. The van der Waals surface area contributed by atoms with E-state index >= 15 is 0 Å². The summed E-state index contributed by atoms with van der Waals surface area (Å²) in [6.07, 6.45) is 0. The van der Waals surface area contributed by atoms with E-state index in [1.54, 1.807) is 25.3 Å². The Balaban J connectivity index is 1.92. The van der Waals surface area contributed by atoms with Gasteiger partial charge in [0.1, 0.15) is 5.75 Å². The van der Waals surface area contributed by atoms with Crippen LogP contribution in [0.2, 0.25) is 5.02 Å². The number of likely N-dealkylation sites (N-methyl/N-ethyl adjacent to an activating group) is 1. The summed E-state index contributed by atoms with van der Waals surface area (Å²) in [5.74, 6) is 0.469. The number of para-hydroxylation sites is 1. The van der Waals surface area contributed by atoms with Gasteiger partial charge in [-0.05, 0) is 29.8 Å². The van der Waals surface area contributed by atoms with Gasteiger partial charge in [0.15, 0.2) is 0 Å². The number of hydrogen-bond donors (Lipinski definition) is 0. The molecule has 0 spiro atoms. The van der Waals surface area contributed by atoms with E-state index in [4.69, 9.17) is 16.3 Å². The Morgan fingerprint density at radius 2 is 1.96 bits per heavy atom. The van der Waals surface area contributed by atoms with E-state index in [-0.39, 0.29) is 5.91 Å². The van der Waals surface area contributed by atoms with E-state index in [0.717, 1.165) is 12.1 Å². The first-order valence-corrected chi connectivity index (χ1v) is 7.90. The van der Waals surface area contributed by atoms with Crippen LogP contribution in [0.5, 0.6) is 5.75 Å². The predicted molar refractivity (Wildman–Crippen MR) is 92.5 cm³/mol. The molecule has 0 unspecified atom stereocenters. The normalized spacial score (nSPS) is 14.2. The van der Waals surface area contributed by atoms with Gasteiger partial charge < -0.3 is 14.5 Å². The fourth-order valence-electron chi connectivity index (χ4n) is 2.88. The molecule has 0 atom stereocenters. The van der Waals surface area contributed by atoms with Gasteiger partial charge in [-0.25, -0.2) is 0 Å². The quantitative estimate of drug-likeness (QED) is 0.845. The number of halogens is 1. The SMILES string of the molecule is COc1cc(Cl)ccc1C(=O)N1CCN(C)c2ccccc2C1. The first-order valence-electron chi connectivity index (χ1n) is 7.52. The number of fused-ring (bicyclic) bond motifs is 1. The highest BCUT2D eigenvalue weighted by molar-refractivity contribution is 6.30. The monoisotopic (exact) mass is 330 g/mol. The molecule has 0 radical (unpaired) electrons. The molecule has 0 N–H and O–H groups in total. The zero-order chi connectivity index (χ0) is 16.4. The summed E-state index contributed by atoms with van der Waals surface area (Å²) in [5.41, 5.74) is 2.86. The summed E-state index contributed by atoms with van der Waals surface area (Å²) < 4.78 is 5.32. The maximum atomic E-state index is 12.9. The van der Waals surface area contributed by atoms with Crippen LogP contribution >= 0.6 is 11.6 Å². The van der Waals surface area contributed by atoms with Crippen molar-refractivity contribution in [2.75, 3.05) is 32.1 Å². The van der Waals surface area contributed by atoms with E-state index in [2.05, 4.69) is 24.1 Å². The first kappa shape index (κ1) is 15.7. The fraction of sp³-hybridized carbons (Fsp3) is 0.278. The summed E-state index contributed by atoms with van der Waals surface area (Å²) in [4.78, 5) is 17.0. The Morgan fingerprint density at radius 1 is 1.17 bits per heavy atom. The maximum absolute atomic E-state index is 12.9. The Labute approximate surface area is 141 Å². The van der Waals surface area contributed by atoms with Crippen LogP contribution in [-0.2, 0) is 6.54 Å². The van der Waals surface area contributed by atoms with Crippen molar-refractivity contribution in [1.82, 2.24) is 4.90 Å². The summed E-state index contributed by atoms with van der Waals surface area (Å²) in [6.45, 7) is 2.04. The van der Waals surface area contributed by atoms with Crippen LogP contribution in [0.25, 0.3) is 0 Å². The molecule has 0 bridgehead atoms. The van der Waals surface area contributed by atoms with E-state index in [1.165, 1.54) is 5.69 Å². The van der Waals surface area contributed by atoms with Crippen molar-refractivity contribution in [3.05, 3.63) is 58.6 Å². The van der Waals surface area contributed by atoms with Gasteiger partial charge in [-0.15, -0.1) is 0 Å². The van der Waals surface area contributed by atoms with Crippen LogP contribution in [0.1, 0.15) is 15.9 Å². The number of anilines is 1. The molecule has 0 aromatic heterocycles. The van der Waals surface area contributed by atoms with E-state index < -0.39 is 0 Å². The first-order chi connectivity index (χ1) is 11.1. The Morgan fingerprint density at radius 3 is 2.74 bits per heavy atom. The third-order valence-electron chi connectivity index (χ3n) is 4.15. The lowest BCUT2D eigenvalue weighted by Crippen LogP contribution is -2.34. The number of hydrogen-bond acceptors (Lipinski definition) is 3. The molecule has 1 heterocycles. The van der Waals surface area contributed by atoms with Crippen molar-refractivity contribution in [1.29, 1.82) is 0 Å². The van der Waals surface area contributed by atoms with Crippen molar-refractivity contribution < 1.29 is 9.53 Å². The largest absolute Gasteiger partial charge is 0.496 e. The smallest absolute Gasteiger partial charge is 0.257 e. The highest BCUT2D eigenvalue weighted by atomic mass is 35.5. The molecule has 0 fully saturated rings. The molecule has 2 aromatic rings. The average molecular weight is 331 g/mol. The van der Waals surface area contributed by atoms with Crippen molar-refractivity contribution in [2.45, 2.75) is 6.54 Å². The maximum Gasteiger partial charge on any atom is 0.257 e. The fourth-order valence-corrected chi connectivity index (χ4v) is 3.04. The van der Waals surface area contributed by atoms with Gasteiger partial charge >= 0.3 is 0 Å². The second kappa shape index (κ2) is 6.50. The Hall–Kier alpha value is -2.20. The molecule has 0 saturated heterocycles. The van der Waals surface area contributed by atoms with Crippen LogP contribution in [0.15, 0.2) is 42.5 Å². The molecule has 23 heavy (non-hydrogen) atoms. The molecule has 2 aromatic carbocycles. The van der Waals surface area contributed by atoms with Crippen LogP contribution < -0.4 is 9.64 Å². The number of rotatable bonds is 2. The van der Waals surface area contributed by atoms with Crippen molar-refractivity contribution in [3.8, 4) is 5.75 Å². The van der Waals surface area contributed by atoms with E-state index in [9.17, 15) is 4.79 Å². The second-order valence-corrected chi connectivity index (χ2v) is 6.06. The number of carbonyl (C=O) groups is 1. The highest BCUT2D eigenvalue weighted by Crippen LogP contribution is 2.28. The number of carbonyl (C=O) groups excluding carboxylic acids is 1. The summed E-state index contributed by atoms with van der Waals surface area (Å²) in [5, 5.41) is 0.555. The summed E-state index contributed by atoms with van der Waals surface area (Å²) in [7, 11) is 3.60. The summed E-state index contributed by atoms with van der Waals surface area (Å²) >= 11 is 5.99. The van der Waals surface area contributed by atoms with E-state index in [0.29, 0.717) is 29.4 Å². The predicted octanol–water partition coefficient (Wildman–Crippen LogP) is 3.44. The number of methoxy groups -OCH3 is 1. The lowest BCUT2D eigenvalue weighted by Gasteiger charge is -2.22. The van der Waals surface area contributed by atoms with Gasteiger partial charge in [0.25, 0.3) is 5.91 Å². The average Bonchev–Trinajstić information content (AvgIpc) is 2.74. The minimum Gasteiger partial charge on any atom is -0.496 e. The van der Waals surface area contributed by atoms with Crippen molar-refractivity contribution in [2.24, 2.45) is 0 Å². The molecule has 1 aliphatic rings. The van der Waals surface area contributed by atoms with Gasteiger partial charge in [0.05, 0.1) is 12.7 Å². The molecular formula is C18H19ClN2O2. The second-order valence-electron chi connectivity index (χ2n) is 5.62. The highest BCUT2D eigenvalue weighted by Gasteiger charge is 2.24. The van der Waals surface area contributed by atoms with Gasteiger partial charge in [-0.3, -0.25) is 4.79 Å².